The summed E-state index contributed by atoms with van der Waals surface area (Å²) in [7, 11) is 1.27. The summed E-state index contributed by atoms with van der Waals surface area (Å²) in [4.78, 5) is 0. The van der Waals surface area contributed by atoms with E-state index in [1.165, 1.54) is 0 Å². The van der Waals surface area contributed by atoms with E-state index in [1.807, 2.05) is 0 Å². The SMILES string of the molecule is COP(C)C1(C)CC(C)(C)N=N1. The molecule has 0 radical (unpaired) electrons. The van der Waals surface area contributed by atoms with Gasteiger partial charge in [-0.1, -0.05) is 0 Å². The van der Waals surface area contributed by atoms with E-state index in [-0.39, 0.29) is 10.8 Å². The molecule has 0 saturated heterocycles. The van der Waals surface area contributed by atoms with Crippen LogP contribution in [0.5, 0.6) is 0 Å². The first-order valence-electron chi connectivity index (χ1n) is 4.12. The maximum absolute atomic E-state index is 5.34. The molecule has 0 N–H and O–H groups in total. The first kappa shape index (κ1) is 10.1. The lowest BCUT2D eigenvalue weighted by molar-refractivity contribution is 0.419. The largest absolute Gasteiger partial charge is 0.360 e. The Morgan fingerprint density at radius 3 is 2.17 bits per heavy atom. The lowest BCUT2D eigenvalue weighted by atomic mass is 9.99. The molecular formula is C8H17N2OP. The molecule has 0 aromatic carbocycles. The van der Waals surface area contributed by atoms with Gasteiger partial charge in [0.05, 0.1) is 13.7 Å². The third kappa shape index (κ3) is 1.83. The number of hydrogen-bond acceptors (Lipinski definition) is 3. The molecular weight excluding hydrogens is 171 g/mol. The summed E-state index contributed by atoms with van der Waals surface area (Å²) in [6.07, 6.45) is 0.996. The maximum Gasteiger partial charge on any atom is 0.124 e. The second-order valence-corrected chi connectivity index (χ2v) is 6.41. The van der Waals surface area contributed by atoms with E-state index in [2.05, 4.69) is 37.7 Å². The summed E-state index contributed by atoms with van der Waals surface area (Å²) in [5.74, 6) is 0. The Labute approximate surface area is 75.4 Å². The standard InChI is InChI=1S/C8H17N2OP/c1-7(2)6-8(3,10-9-7)12(5)11-4/h6H2,1-5H3. The van der Waals surface area contributed by atoms with Crippen molar-refractivity contribution in [3.8, 4) is 0 Å². The molecule has 12 heavy (non-hydrogen) atoms. The van der Waals surface area contributed by atoms with Crippen LogP contribution in [0.25, 0.3) is 0 Å². The van der Waals surface area contributed by atoms with Crippen LogP contribution in [0.1, 0.15) is 27.2 Å². The molecule has 0 amide bonds. The molecule has 2 unspecified atom stereocenters. The van der Waals surface area contributed by atoms with Crippen LogP contribution in [0, 0.1) is 0 Å². The van der Waals surface area contributed by atoms with Gasteiger partial charge in [-0.2, -0.15) is 10.2 Å². The van der Waals surface area contributed by atoms with Gasteiger partial charge < -0.3 is 4.52 Å². The van der Waals surface area contributed by atoms with E-state index in [0.29, 0.717) is 0 Å². The highest BCUT2D eigenvalue weighted by Gasteiger charge is 2.42. The van der Waals surface area contributed by atoms with Gasteiger partial charge in [-0.25, -0.2) is 0 Å². The summed E-state index contributed by atoms with van der Waals surface area (Å²) in [5.41, 5.74) is 0.00384. The summed E-state index contributed by atoms with van der Waals surface area (Å²) in [5, 5.41) is 8.51. The normalized spacial score (nSPS) is 35.4. The van der Waals surface area contributed by atoms with Crippen molar-refractivity contribution in [1.29, 1.82) is 0 Å². The lowest BCUT2D eigenvalue weighted by Gasteiger charge is -2.27. The molecule has 3 nitrogen and oxygen atoms in total. The Balaban J connectivity index is 2.73. The van der Waals surface area contributed by atoms with Gasteiger partial charge in [-0.05, 0) is 27.4 Å². The first-order chi connectivity index (χ1) is 5.40. The van der Waals surface area contributed by atoms with E-state index in [9.17, 15) is 0 Å². The zero-order chi connectivity index (χ0) is 9.41. The zero-order valence-corrected chi connectivity index (χ0v) is 9.35. The highest BCUT2D eigenvalue weighted by atomic mass is 31.1. The zero-order valence-electron chi connectivity index (χ0n) is 8.46. The minimum Gasteiger partial charge on any atom is -0.360 e. The van der Waals surface area contributed by atoms with E-state index in [1.54, 1.807) is 7.11 Å². The Kier molecular flexibility index (Phi) is 2.55. The lowest BCUT2D eigenvalue weighted by Crippen LogP contribution is -2.24. The van der Waals surface area contributed by atoms with Crippen molar-refractivity contribution < 1.29 is 4.52 Å². The Hall–Kier alpha value is -0.0100. The highest BCUT2D eigenvalue weighted by molar-refractivity contribution is 7.53. The van der Waals surface area contributed by atoms with Crippen LogP contribution >= 0.6 is 8.15 Å². The molecule has 1 heterocycles. The van der Waals surface area contributed by atoms with Crippen molar-refractivity contribution in [2.24, 2.45) is 10.2 Å². The topological polar surface area (TPSA) is 34.0 Å². The Morgan fingerprint density at radius 1 is 1.25 bits per heavy atom. The molecule has 0 bridgehead atoms. The van der Waals surface area contributed by atoms with E-state index in [0.717, 1.165) is 6.42 Å². The van der Waals surface area contributed by atoms with E-state index < -0.39 is 8.15 Å². The first-order valence-corrected chi connectivity index (χ1v) is 5.82. The molecule has 0 aliphatic carbocycles. The summed E-state index contributed by atoms with van der Waals surface area (Å²) >= 11 is 0. The third-order valence-electron chi connectivity index (χ3n) is 2.26. The fourth-order valence-electron chi connectivity index (χ4n) is 1.50. The van der Waals surface area contributed by atoms with Crippen LogP contribution in [-0.4, -0.2) is 24.6 Å². The molecule has 1 rings (SSSR count). The van der Waals surface area contributed by atoms with Crippen LogP contribution in [0.2, 0.25) is 0 Å². The minimum absolute atomic E-state index is 0.00384. The van der Waals surface area contributed by atoms with Gasteiger partial charge >= 0.3 is 0 Å². The van der Waals surface area contributed by atoms with Gasteiger partial charge in [0.1, 0.15) is 5.28 Å². The van der Waals surface area contributed by atoms with Gasteiger partial charge in [-0.15, -0.1) is 0 Å². The average Bonchev–Trinajstić information content (AvgIpc) is 2.25. The van der Waals surface area contributed by atoms with Crippen molar-refractivity contribution in [1.82, 2.24) is 0 Å². The second kappa shape index (κ2) is 3.04. The van der Waals surface area contributed by atoms with Crippen LogP contribution in [0.15, 0.2) is 10.2 Å². The number of nitrogens with zero attached hydrogens (tertiary/aromatic N) is 2. The maximum atomic E-state index is 5.34. The second-order valence-electron chi connectivity index (χ2n) is 4.09. The predicted octanol–water partition coefficient (Wildman–Crippen LogP) is 3.01. The molecule has 0 spiro atoms. The highest BCUT2D eigenvalue weighted by Crippen LogP contribution is 2.55. The van der Waals surface area contributed by atoms with Crippen LogP contribution < -0.4 is 0 Å². The summed E-state index contributed by atoms with van der Waals surface area (Å²) in [6.45, 7) is 8.46. The molecule has 70 valence electrons. The van der Waals surface area contributed by atoms with Crippen LogP contribution in [0.4, 0.5) is 0 Å². The van der Waals surface area contributed by atoms with Gasteiger partial charge in [0, 0.05) is 13.5 Å². The van der Waals surface area contributed by atoms with Gasteiger partial charge in [0.2, 0.25) is 0 Å². The molecule has 0 aromatic rings. The Morgan fingerprint density at radius 2 is 1.83 bits per heavy atom. The van der Waals surface area contributed by atoms with Crippen molar-refractivity contribution in [3.05, 3.63) is 0 Å². The Bertz CT molecular complexity index is 205. The average molecular weight is 188 g/mol. The number of rotatable bonds is 2. The van der Waals surface area contributed by atoms with Crippen molar-refractivity contribution in [3.63, 3.8) is 0 Å². The van der Waals surface area contributed by atoms with Gasteiger partial charge in [0.25, 0.3) is 0 Å². The predicted molar refractivity (Wildman–Crippen MR) is 51.8 cm³/mol. The van der Waals surface area contributed by atoms with Gasteiger partial charge in [0.15, 0.2) is 0 Å². The monoisotopic (exact) mass is 188 g/mol. The molecule has 0 saturated carbocycles. The van der Waals surface area contributed by atoms with Crippen LogP contribution in [-0.2, 0) is 4.52 Å². The smallest absolute Gasteiger partial charge is 0.124 e. The summed E-state index contributed by atoms with van der Waals surface area (Å²) in [6, 6.07) is 0. The molecule has 0 aromatic heterocycles. The van der Waals surface area contributed by atoms with Gasteiger partial charge in [-0.3, -0.25) is 0 Å². The van der Waals surface area contributed by atoms with E-state index in [4.69, 9.17) is 4.52 Å². The van der Waals surface area contributed by atoms with Crippen molar-refractivity contribution in [2.75, 3.05) is 13.8 Å². The molecule has 0 fully saturated rings. The fourth-order valence-corrected chi connectivity index (χ4v) is 2.68. The fraction of sp³-hybridized carbons (Fsp3) is 1.00. The third-order valence-corrected chi connectivity index (χ3v) is 4.41. The summed E-state index contributed by atoms with van der Waals surface area (Å²) < 4.78 is 5.34. The molecule has 2 atom stereocenters. The number of azo groups is 1. The van der Waals surface area contributed by atoms with E-state index >= 15 is 0 Å². The molecule has 4 heteroatoms. The quantitative estimate of drug-likeness (QED) is 0.613. The number of hydrogen-bond donors (Lipinski definition) is 0. The molecule has 1 aliphatic heterocycles. The van der Waals surface area contributed by atoms with Crippen molar-refractivity contribution >= 4 is 8.15 Å². The van der Waals surface area contributed by atoms with Crippen LogP contribution in [0.3, 0.4) is 0 Å². The molecule has 1 aliphatic rings. The van der Waals surface area contributed by atoms with Crippen molar-refractivity contribution in [2.45, 2.75) is 38.0 Å². The minimum atomic E-state index is -0.480.